The average molecular weight is 452 g/mol. The van der Waals surface area contributed by atoms with Crippen LogP contribution in [0.1, 0.15) is 37.0 Å². The molecule has 1 aromatic carbocycles. The van der Waals surface area contributed by atoms with Gasteiger partial charge in [-0.2, -0.15) is 0 Å². The molecule has 2 heterocycles. The third kappa shape index (κ3) is 5.84. The molecule has 1 atom stereocenters. The van der Waals surface area contributed by atoms with E-state index in [4.69, 9.17) is 11.5 Å². The molecule has 1 amide bonds. The smallest absolute Gasteiger partial charge is 0.412 e. The number of methoxy groups -OCH3 is 1. The van der Waals surface area contributed by atoms with Gasteiger partial charge in [-0.05, 0) is 74.2 Å². The second-order valence-corrected chi connectivity index (χ2v) is 8.85. The first kappa shape index (κ1) is 24.1. The fourth-order valence-electron chi connectivity index (χ4n) is 4.00. The van der Waals surface area contributed by atoms with Crippen LogP contribution in [-0.2, 0) is 4.74 Å². The maximum Gasteiger partial charge on any atom is 0.412 e. The summed E-state index contributed by atoms with van der Waals surface area (Å²) >= 11 is 0. The Morgan fingerprint density at radius 2 is 2.09 bits per heavy atom. The highest BCUT2D eigenvalue weighted by molar-refractivity contribution is 5.87. The van der Waals surface area contributed by atoms with E-state index in [0.29, 0.717) is 17.1 Å². The monoisotopic (exact) mass is 451 g/mol. The fraction of sp³-hybridized carbons (Fsp3) is 0.360. The minimum absolute atomic E-state index is 0.224. The van der Waals surface area contributed by atoms with Crippen LogP contribution in [0.15, 0.2) is 48.8 Å². The van der Waals surface area contributed by atoms with E-state index in [1.165, 1.54) is 13.3 Å². The van der Waals surface area contributed by atoms with Gasteiger partial charge in [0.1, 0.15) is 5.82 Å². The van der Waals surface area contributed by atoms with Crippen LogP contribution in [0.2, 0.25) is 0 Å². The van der Waals surface area contributed by atoms with Gasteiger partial charge in [-0.1, -0.05) is 6.07 Å². The molecule has 1 aliphatic heterocycles. The van der Waals surface area contributed by atoms with Crippen LogP contribution in [0.4, 0.5) is 16.3 Å². The number of allylic oxidation sites excluding steroid dienone is 2. The van der Waals surface area contributed by atoms with Gasteiger partial charge in [0.25, 0.3) is 0 Å². The van der Waals surface area contributed by atoms with Gasteiger partial charge < -0.3 is 26.2 Å². The molecular formula is C25H33N5O3. The van der Waals surface area contributed by atoms with E-state index < -0.39 is 11.7 Å². The molecule has 8 nitrogen and oxygen atoms in total. The number of benzene rings is 1. The molecule has 0 spiro atoms. The Hall–Kier alpha value is -3.52. The maximum atomic E-state index is 11.5. The largest absolute Gasteiger partial charge is 0.453 e. The molecule has 1 saturated heterocycles. The van der Waals surface area contributed by atoms with Crippen molar-refractivity contribution in [3.63, 3.8) is 0 Å². The molecule has 176 valence electrons. The first-order valence-corrected chi connectivity index (χ1v) is 10.9. The number of nitrogens with one attached hydrogen (secondary N) is 1. The van der Waals surface area contributed by atoms with Crippen LogP contribution in [0.3, 0.4) is 0 Å². The van der Waals surface area contributed by atoms with E-state index >= 15 is 0 Å². The second kappa shape index (κ2) is 9.95. The summed E-state index contributed by atoms with van der Waals surface area (Å²) in [6.45, 7) is 7.45. The number of hydrogen-bond donors (Lipinski definition) is 4. The summed E-state index contributed by atoms with van der Waals surface area (Å²) in [6, 6.07) is 9.71. The van der Waals surface area contributed by atoms with E-state index in [0.717, 1.165) is 41.9 Å². The molecule has 0 bridgehead atoms. The molecular weight excluding hydrogens is 418 g/mol. The Morgan fingerprint density at radius 1 is 1.33 bits per heavy atom. The summed E-state index contributed by atoms with van der Waals surface area (Å²) < 4.78 is 4.62. The highest BCUT2D eigenvalue weighted by Gasteiger charge is 2.33. The van der Waals surface area contributed by atoms with Gasteiger partial charge in [0.05, 0.1) is 12.7 Å². The number of rotatable bonds is 6. The van der Waals surface area contributed by atoms with Gasteiger partial charge in [-0.25, -0.2) is 9.78 Å². The summed E-state index contributed by atoms with van der Waals surface area (Å²) in [7, 11) is 1.29. The maximum absolute atomic E-state index is 11.5. The van der Waals surface area contributed by atoms with E-state index in [1.54, 1.807) is 18.3 Å². The number of anilines is 2. The number of carbonyl (C=O) groups is 1. The van der Waals surface area contributed by atoms with Gasteiger partial charge in [-0.15, -0.1) is 0 Å². The van der Waals surface area contributed by atoms with Crippen LogP contribution in [0.25, 0.3) is 11.3 Å². The molecule has 6 N–H and O–H groups in total. The molecule has 0 saturated carbocycles. The first-order valence-electron chi connectivity index (χ1n) is 10.9. The van der Waals surface area contributed by atoms with Gasteiger partial charge in [0.15, 0.2) is 0 Å². The summed E-state index contributed by atoms with van der Waals surface area (Å²) in [4.78, 5) is 17.9. The lowest BCUT2D eigenvalue weighted by atomic mass is 9.90. The quantitative estimate of drug-likeness (QED) is 0.495. The first-order chi connectivity index (χ1) is 15.6. The average Bonchev–Trinajstić information content (AvgIpc) is 3.28. The van der Waals surface area contributed by atoms with Crippen molar-refractivity contribution in [3.05, 3.63) is 65.5 Å². The number of aryl methyl sites for hydroxylation is 1. The minimum atomic E-state index is -0.700. The Kier molecular flexibility index (Phi) is 7.28. The lowest BCUT2D eigenvalue weighted by molar-refractivity contribution is 0.0263. The Bertz CT molecular complexity index is 1070. The van der Waals surface area contributed by atoms with Crippen molar-refractivity contribution < 1.29 is 14.6 Å². The lowest BCUT2D eigenvalue weighted by Crippen LogP contribution is -2.33. The lowest BCUT2D eigenvalue weighted by Gasteiger charge is -2.26. The van der Waals surface area contributed by atoms with Crippen molar-refractivity contribution in [2.24, 2.45) is 17.4 Å². The molecule has 1 aromatic heterocycles. The zero-order valence-electron chi connectivity index (χ0n) is 19.6. The van der Waals surface area contributed by atoms with Crippen LogP contribution in [0.5, 0.6) is 0 Å². The van der Waals surface area contributed by atoms with E-state index in [1.807, 2.05) is 26.8 Å². The molecule has 1 aliphatic rings. The number of ether oxygens (including phenoxy) is 1. The number of aromatic nitrogens is 1. The van der Waals surface area contributed by atoms with Crippen molar-refractivity contribution in [3.8, 4) is 0 Å². The zero-order valence-corrected chi connectivity index (χ0v) is 19.6. The Morgan fingerprint density at radius 3 is 2.73 bits per heavy atom. The summed E-state index contributed by atoms with van der Waals surface area (Å²) in [5.74, 6) is 0.570. The van der Waals surface area contributed by atoms with Gasteiger partial charge in [0.2, 0.25) is 0 Å². The fourth-order valence-corrected chi connectivity index (χ4v) is 4.00. The zero-order chi connectivity index (χ0) is 24.2. The number of amides is 1. The van der Waals surface area contributed by atoms with E-state index in [-0.39, 0.29) is 5.92 Å². The second-order valence-electron chi connectivity index (χ2n) is 8.85. The normalized spacial score (nSPS) is 17.2. The van der Waals surface area contributed by atoms with Gasteiger partial charge in [0, 0.05) is 48.4 Å². The van der Waals surface area contributed by atoms with Crippen molar-refractivity contribution in [1.82, 2.24) is 4.98 Å². The molecule has 0 radical (unpaired) electrons. The van der Waals surface area contributed by atoms with Crippen LogP contribution in [-0.4, -0.2) is 42.0 Å². The Balaban J connectivity index is 1.86. The molecule has 8 heteroatoms. The van der Waals surface area contributed by atoms with Gasteiger partial charge in [-0.3, -0.25) is 5.32 Å². The van der Waals surface area contributed by atoms with Crippen molar-refractivity contribution in [2.75, 3.05) is 30.4 Å². The summed E-state index contributed by atoms with van der Waals surface area (Å²) in [5, 5.41) is 12.9. The minimum Gasteiger partial charge on any atom is -0.453 e. The SMILES string of the molecule is COC(=O)Nc1cc(C(/C=C(\N)c2cc(N3CCC(C(C)(C)O)C3)ccc2C)=C/N)ccn1. The van der Waals surface area contributed by atoms with Gasteiger partial charge >= 0.3 is 6.09 Å². The predicted octanol–water partition coefficient (Wildman–Crippen LogP) is 3.46. The molecule has 33 heavy (non-hydrogen) atoms. The van der Waals surface area contributed by atoms with Crippen LogP contribution < -0.4 is 21.7 Å². The third-order valence-corrected chi connectivity index (χ3v) is 6.08. The van der Waals surface area contributed by atoms with E-state index in [9.17, 15) is 9.90 Å². The number of carbonyl (C=O) groups excluding carboxylic acids is 1. The topological polar surface area (TPSA) is 127 Å². The summed E-state index contributed by atoms with van der Waals surface area (Å²) in [6.07, 6.45) is 5.20. The molecule has 1 unspecified atom stereocenters. The molecule has 0 aliphatic carbocycles. The highest BCUT2D eigenvalue weighted by Crippen LogP contribution is 2.32. The van der Waals surface area contributed by atoms with E-state index in [2.05, 4.69) is 38.1 Å². The van der Waals surface area contributed by atoms with Crippen molar-refractivity contribution in [2.45, 2.75) is 32.8 Å². The number of nitrogens with zero attached hydrogens (tertiary/aromatic N) is 2. The highest BCUT2D eigenvalue weighted by atomic mass is 16.5. The number of nitrogens with two attached hydrogens (primary N) is 2. The van der Waals surface area contributed by atoms with Crippen molar-refractivity contribution >= 4 is 28.9 Å². The predicted molar refractivity (Wildman–Crippen MR) is 132 cm³/mol. The number of pyridine rings is 1. The standard InChI is InChI=1S/C25H33N5O3/c1-16-5-6-20(30-10-8-19(15-30)25(2,3)32)13-21(16)22(27)11-18(14-26)17-7-9-28-23(12-17)29-24(31)33-4/h5-7,9,11-14,19,32H,8,10,15,26-27H2,1-4H3,(H,28,29,31)/b18-14+,22-11-. The van der Waals surface area contributed by atoms with Crippen LogP contribution >= 0.6 is 0 Å². The van der Waals surface area contributed by atoms with Crippen LogP contribution in [0, 0.1) is 12.8 Å². The number of aliphatic hydroxyl groups is 1. The molecule has 2 aromatic rings. The van der Waals surface area contributed by atoms with Crippen molar-refractivity contribution in [1.29, 1.82) is 0 Å². The summed E-state index contributed by atoms with van der Waals surface area (Å²) in [5.41, 5.74) is 16.8. The molecule has 1 fully saturated rings. The third-order valence-electron chi connectivity index (χ3n) is 6.08. The number of hydrogen-bond acceptors (Lipinski definition) is 7. The Labute approximate surface area is 194 Å². The molecule has 3 rings (SSSR count).